The fourth-order valence-electron chi connectivity index (χ4n) is 4.89. The van der Waals surface area contributed by atoms with Crippen LogP contribution in [-0.4, -0.2) is 37.8 Å². The van der Waals surface area contributed by atoms with Gasteiger partial charge in [-0.3, -0.25) is 4.79 Å². The first kappa shape index (κ1) is 22.1. The lowest BCUT2D eigenvalue weighted by atomic mass is 9.86. The van der Waals surface area contributed by atoms with E-state index in [0.717, 1.165) is 29.2 Å². The zero-order chi connectivity index (χ0) is 23.4. The zero-order valence-electron chi connectivity index (χ0n) is 19.6. The van der Waals surface area contributed by atoms with Crippen LogP contribution < -0.4 is 4.74 Å². The Morgan fingerprint density at radius 3 is 2.33 bits per heavy atom. The van der Waals surface area contributed by atoms with Crippen molar-refractivity contribution in [1.29, 1.82) is 0 Å². The van der Waals surface area contributed by atoms with Gasteiger partial charge in [0.05, 0.1) is 11.4 Å². The number of likely N-dealkylation sites (tertiary alicyclic amines) is 1. The summed E-state index contributed by atoms with van der Waals surface area (Å²) in [5.41, 5.74) is 3.64. The van der Waals surface area contributed by atoms with Gasteiger partial charge in [-0.05, 0) is 87.4 Å². The normalized spacial score (nSPS) is 17.8. The van der Waals surface area contributed by atoms with Crippen molar-refractivity contribution in [3.8, 4) is 11.4 Å². The summed E-state index contributed by atoms with van der Waals surface area (Å²) in [6, 6.07) is 19.7. The number of hydrogen-bond donors (Lipinski definition) is 0. The van der Waals surface area contributed by atoms with Crippen molar-refractivity contribution >= 4 is 17.1 Å². The van der Waals surface area contributed by atoms with Crippen LogP contribution in [0.4, 0.5) is 0 Å². The summed E-state index contributed by atoms with van der Waals surface area (Å²) in [5, 5.41) is 0. The van der Waals surface area contributed by atoms with Gasteiger partial charge in [0.1, 0.15) is 10.5 Å². The average molecular weight is 463 g/mol. The number of hydrogen-bond acceptors (Lipinski definition) is 3. The minimum Gasteiger partial charge on any atom is -0.611 e. The molecule has 1 spiro atoms. The molecule has 1 amide bonds. The van der Waals surface area contributed by atoms with Crippen molar-refractivity contribution in [2.75, 3.05) is 13.1 Å². The Labute approximate surface area is 198 Å². The number of benzene rings is 2. The Hall–Kier alpha value is -2.70. The van der Waals surface area contributed by atoms with Gasteiger partial charge in [0.25, 0.3) is 5.91 Å². The van der Waals surface area contributed by atoms with E-state index in [-0.39, 0.29) is 10.7 Å². The van der Waals surface area contributed by atoms with E-state index >= 15 is 0 Å². The lowest BCUT2D eigenvalue weighted by Crippen LogP contribution is -2.50. The minimum absolute atomic E-state index is 0.0145. The zero-order valence-corrected chi connectivity index (χ0v) is 20.4. The molecule has 172 valence electrons. The van der Waals surface area contributed by atoms with Crippen LogP contribution in [0.5, 0.6) is 5.75 Å². The summed E-state index contributed by atoms with van der Waals surface area (Å²) < 4.78 is 21.2. The van der Waals surface area contributed by atoms with E-state index in [9.17, 15) is 9.35 Å². The SMILES string of the molecule is Cc1ccc2n1-c1ccccc1OC21CCN(C(=O)c2ccc([S+]([O-])C(C)(C)C)cc2)CC1. The topological polar surface area (TPSA) is 57.5 Å². The second-order valence-corrected chi connectivity index (χ2v) is 12.2. The molecule has 0 radical (unpaired) electrons. The Balaban J connectivity index is 1.34. The van der Waals surface area contributed by atoms with Crippen molar-refractivity contribution in [2.45, 2.75) is 55.8 Å². The second kappa shape index (κ2) is 7.96. The van der Waals surface area contributed by atoms with Gasteiger partial charge in [-0.2, -0.15) is 0 Å². The van der Waals surface area contributed by atoms with Crippen LogP contribution in [0.25, 0.3) is 5.69 Å². The molecule has 1 atom stereocenters. The van der Waals surface area contributed by atoms with Gasteiger partial charge in [-0.15, -0.1) is 0 Å². The molecule has 1 aromatic heterocycles. The standard InChI is InChI=1S/C27H30N2O3S/c1-19-9-14-24-27(32-23-8-6-5-7-22(23)29(19)24)15-17-28(18-16-27)25(30)20-10-12-21(13-11-20)33(31)26(2,3)4/h5-14H,15-18H2,1-4H3. The third-order valence-electron chi connectivity index (χ3n) is 6.68. The van der Waals surface area contributed by atoms with Gasteiger partial charge < -0.3 is 18.8 Å². The molecule has 0 aliphatic carbocycles. The smallest absolute Gasteiger partial charge is 0.253 e. The van der Waals surface area contributed by atoms with E-state index in [4.69, 9.17) is 4.74 Å². The molecular formula is C27H30N2O3S. The van der Waals surface area contributed by atoms with Crippen LogP contribution in [0.1, 0.15) is 55.4 Å². The number of para-hydroxylation sites is 2. The predicted molar refractivity (Wildman–Crippen MR) is 131 cm³/mol. The highest BCUT2D eigenvalue weighted by Gasteiger charge is 2.45. The summed E-state index contributed by atoms with van der Waals surface area (Å²) in [6.45, 7) is 9.23. The molecule has 2 aliphatic rings. The van der Waals surface area contributed by atoms with E-state index in [1.807, 2.05) is 56.0 Å². The third-order valence-corrected chi connectivity index (χ3v) is 8.50. The van der Waals surface area contributed by atoms with E-state index < -0.39 is 16.8 Å². The van der Waals surface area contributed by atoms with Crippen LogP contribution in [0.15, 0.2) is 65.6 Å². The molecule has 3 aromatic rings. The maximum atomic E-state index is 13.2. The number of nitrogens with zero attached hydrogens (tertiary/aromatic N) is 2. The molecule has 6 heteroatoms. The van der Waals surface area contributed by atoms with Crippen LogP contribution in [0, 0.1) is 6.92 Å². The molecule has 2 aliphatic heterocycles. The van der Waals surface area contributed by atoms with Crippen molar-refractivity contribution in [2.24, 2.45) is 0 Å². The maximum absolute atomic E-state index is 13.2. The molecule has 0 bridgehead atoms. The molecule has 2 aromatic carbocycles. The molecule has 3 heterocycles. The molecule has 0 N–H and O–H groups in total. The van der Waals surface area contributed by atoms with Gasteiger partial charge in [0.15, 0.2) is 10.5 Å². The molecule has 1 saturated heterocycles. The second-order valence-electron chi connectivity index (χ2n) is 9.96. The van der Waals surface area contributed by atoms with Crippen molar-refractivity contribution in [1.82, 2.24) is 9.47 Å². The number of fused-ring (bicyclic) bond motifs is 4. The highest BCUT2D eigenvalue weighted by atomic mass is 32.2. The number of amides is 1. The molecule has 1 fully saturated rings. The van der Waals surface area contributed by atoms with Gasteiger partial charge in [0.2, 0.25) is 0 Å². The van der Waals surface area contributed by atoms with E-state index in [0.29, 0.717) is 18.7 Å². The Kier molecular flexibility index (Phi) is 5.33. The lowest BCUT2D eigenvalue weighted by Gasteiger charge is -2.45. The summed E-state index contributed by atoms with van der Waals surface area (Å²) in [6.07, 6.45) is 1.48. The number of piperidine rings is 1. The number of aryl methyl sites for hydroxylation is 1. The van der Waals surface area contributed by atoms with Crippen molar-refractivity contribution in [3.05, 3.63) is 77.6 Å². The van der Waals surface area contributed by atoms with Gasteiger partial charge >= 0.3 is 0 Å². The minimum atomic E-state index is -1.12. The van der Waals surface area contributed by atoms with Crippen molar-refractivity contribution < 1.29 is 14.1 Å². The third kappa shape index (κ3) is 3.75. The largest absolute Gasteiger partial charge is 0.611 e. The summed E-state index contributed by atoms with van der Waals surface area (Å²) >= 11 is -1.12. The van der Waals surface area contributed by atoms with Crippen LogP contribution in [-0.2, 0) is 16.8 Å². The molecule has 1 unspecified atom stereocenters. The average Bonchev–Trinajstić information content (AvgIpc) is 3.21. The lowest BCUT2D eigenvalue weighted by molar-refractivity contribution is -0.00946. The Morgan fingerprint density at radius 2 is 1.67 bits per heavy atom. The van der Waals surface area contributed by atoms with Gasteiger partial charge in [0, 0.05) is 37.2 Å². The fraction of sp³-hybridized carbons (Fsp3) is 0.370. The highest BCUT2D eigenvalue weighted by molar-refractivity contribution is 7.92. The molecule has 5 rings (SSSR count). The molecular weight excluding hydrogens is 432 g/mol. The number of carbonyl (C=O) groups is 1. The number of rotatable bonds is 2. The number of carbonyl (C=O) groups excluding carboxylic acids is 1. The predicted octanol–water partition coefficient (Wildman–Crippen LogP) is 5.22. The van der Waals surface area contributed by atoms with Crippen LogP contribution >= 0.6 is 0 Å². The van der Waals surface area contributed by atoms with Gasteiger partial charge in [-0.25, -0.2) is 0 Å². The van der Waals surface area contributed by atoms with Crippen molar-refractivity contribution in [3.63, 3.8) is 0 Å². The number of aromatic nitrogens is 1. The van der Waals surface area contributed by atoms with E-state index in [1.54, 1.807) is 12.1 Å². The number of ether oxygens (including phenoxy) is 1. The van der Waals surface area contributed by atoms with E-state index in [2.05, 4.69) is 29.7 Å². The Morgan fingerprint density at radius 1 is 1.00 bits per heavy atom. The Bertz CT molecular complexity index is 1180. The van der Waals surface area contributed by atoms with Crippen LogP contribution in [0.2, 0.25) is 0 Å². The highest BCUT2D eigenvalue weighted by Crippen LogP contribution is 2.45. The maximum Gasteiger partial charge on any atom is 0.253 e. The molecule has 33 heavy (non-hydrogen) atoms. The van der Waals surface area contributed by atoms with Crippen LogP contribution in [0.3, 0.4) is 0 Å². The van der Waals surface area contributed by atoms with E-state index in [1.165, 1.54) is 11.4 Å². The first-order chi connectivity index (χ1) is 15.7. The summed E-state index contributed by atoms with van der Waals surface area (Å²) in [4.78, 5) is 15.9. The quantitative estimate of drug-likeness (QED) is 0.491. The molecule has 5 nitrogen and oxygen atoms in total. The first-order valence-electron chi connectivity index (χ1n) is 11.5. The first-order valence-corrected chi connectivity index (χ1v) is 12.6. The fourth-order valence-corrected chi connectivity index (χ4v) is 5.98. The molecule has 0 saturated carbocycles. The monoisotopic (exact) mass is 462 g/mol. The van der Waals surface area contributed by atoms with Gasteiger partial charge in [-0.1, -0.05) is 12.1 Å². The summed E-state index contributed by atoms with van der Waals surface area (Å²) in [7, 11) is 0. The summed E-state index contributed by atoms with van der Waals surface area (Å²) in [5.74, 6) is 0.909.